The number of nitrogens with one attached hydrogen (secondary N) is 2. The number of ether oxygens (including phenoxy) is 2. The summed E-state index contributed by atoms with van der Waals surface area (Å²) in [6, 6.07) is 9.87. The molecule has 3 amide bonds. The van der Waals surface area contributed by atoms with Crippen LogP contribution in [-0.2, 0) is 14.4 Å². The topological polar surface area (TPSA) is 110 Å². The van der Waals surface area contributed by atoms with Crippen molar-refractivity contribution in [3.05, 3.63) is 36.4 Å². The van der Waals surface area contributed by atoms with Gasteiger partial charge in [0.15, 0.2) is 11.7 Å². The molecule has 1 atom stereocenters. The van der Waals surface area contributed by atoms with Gasteiger partial charge in [0.1, 0.15) is 23.1 Å². The third kappa shape index (κ3) is 4.09. The lowest BCUT2D eigenvalue weighted by Gasteiger charge is -2.34. The van der Waals surface area contributed by atoms with Crippen molar-refractivity contribution in [2.24, 2.45) is 0 Å². The van der Waals surface area contributed by atoms with E-state index in [0.717, 1.165) is 4.70 Å². The first kappa shape index (κ1) is 21.6. The number of hydrogen-bond acceptors (Lipinski definition) is 7. The number of carbonyl (C=O) groups excluding carboxylic acids is 3. The van der Waals surface area contributed by atoms with Crippen LogP contribution in [0.15, 0.2) is 36.4 Å². The van der Waals surface area contributed by atoms with Crippen LogP contribution in [0.25, 0.3) is 10.2 Å². The zero-order chi connectivity index (χ0) is 22.8. The van der Waals surface area contributed by atoms with E-state index in [9.17, 15) is 14.4 Å². The largest absolute Gasteiger partial charge is 0.494 e. The average Bonchev–Trinajstić information content (AvgIpc) is 3.16. The van der Waals surface area contributed by atoms with Gasteiger partial charge in [0.25, 0.3) is 5.91 Å². The Balaban J connectivity index is 1.64. The summed E-state index contributed by atoms with van der Waals surface area (Å²) in [4.78, 5) is 43.1. The van der Waals surface area contributed by atoms with E-state index in [1.165, 1.54) is 30.3 Å². The minimum absolute atomic E-state index is 0.118. The van der Waals surface area contributed by atoms with Crippen LogP contribution in [0, 0.1) is 0 Å². The van der Waals surface area contributed by atoms with E-state index in [4.69, 9.17) is 9.47 Å². The molecule has 1 aromatic heterocycles. The minimum Gasteiger partial charge on any atom is -0.494 e. The quantitative estimate of drug-likeness (QED) is 0.591. The van der Waals surface area contributed by atoms with E-state index in [-0.39, 0.29) is 24.3 Å². The van der Waals surface area contributed by atoms with Crippen LogP contribution in [0.5, 0.6) is 11.5 Å². The molecule has 9 nitrogen and oxygen atoms in total. The van der Waals surface area contributed by atoms with Gasteiger partial charge in [-0.05, 0) is 24.6 Å². The summed E-state index contributed by atoms with van der Waals surface area (Å²) in [5.74, 6) is 0.201. The van der Waals surface area contributed by atoms with Crippen molar-refractivity contribution in [1.82, 2.24) is 4.98 Å². The maximum atomic E-state index is 13.2. The first-order valence-corrected chi connectivity index (χ1v) is 10.8. The molecule has 0 radical (unpaired) electrons. The summed E-state index contributed by atoms with van der Waals surface area (Å²) in [6.07, 6.45) is 0.415. The Labute approximate surface area is 188 Å². The number of fused-ring (bicyclic) bond motifs is 2. The number of anilines is 3. The van der Waals surface area contributed by atoms with E-state index in [2.05, 4.69) is 15.6 Å². The second kappa shape index (κ2) is 8.83. The van der Waals surface area contributed by atoms with Crippen molar-refractivity contribution < 1.29 is 23.9 Å². The normalized spacial score (nSPS) is 13.8. The molecule has 0 bridgehead atoms. The fourth-order valence-corrected chi connectivity index (χ4v) is 4.57. The molecular weight excluding hydrogens is 432 g/mol. The lowest BCUT2D eigenvalue weighted by atomic mass is 10.1. The van der Waals surface area contributed by atoms with Crippen LogP contribution < -0.4 is 25.0 Å². The lowest BCUT2D eigenvalue weighted by molar-refractivity contribution is -0.125. The molecule has 0 saturated carbocycles. The second-order valence-corrected chi connectivity index (χ2v) is 8.19. The van der Waals surface area contributed by atoms with Gasteiger partial charge in [-0.2, -0.15) is 0 Å². The number of nitrogens with zero attached hydrogens (tertiary/aromatic N) is 2. The highest BCUT2D eigenvalue weighted by molar-refractivity contribution is 7.22. The zero-order valence-electron chi connectivity index (χ0n) is 17.8. The molecule has 166 valence electrons. The highest BCUT2D eigenvalue weighted by Crippen LogP contribution is 2.37. The Morgan fingerprint density at radius 2 is 2.06 bits per heavy atom. The Morgan fingerprint density at radius 3 is 2.78 bits per heavy atom. The molecule has 1 aliphatic rings. The van der Waals surface area contributed by atoms with Crippen molar-refractivity contribution in [2.45, 2.75) is 26.3 Å². The molecule has 3 aromatic rings. The third-order valence-corrected chi connectivity index (χ3v) is 5.89. The van der Waals surface area contributed by atoms with Gasteiger partial charge in [0.05, 0.1) is 17.5 Å². The number of para-hydroxylation sites is 2. The molecule has 1 aliphatic heterocycles. The van der Waals surface area contributed by atoms with Gasteiger partial charge in [-0.25, -0.2) is 4.98 Å². The van der Waals surface area contributed by atoms with Gasteiger partial charge in [-0.1, -0.05) is 30.4 Å². The van der Waals surface area contributed by atoms with Crippen LogP contribution in [0.3, 0.4) is 0 Å². The molecular formula is C22H22N4O5S. The summed E-state index contributed by atoms with van der Waals surface area (Å²) in [5.41, 5.74) is 1.66. The summed E-state index contributed by atoms with van der Waals surface area (Å²) in [6.45, 7) is 3.14. The molecule has 0 spiro atoms. The molecule has 0 saturated heterocycles. The van der Waals surface area contributed by atoms with Crippen molar-refractivity contribution in [3.63, 3.8) is 0 Å². The van der Waals surface area contributed by atoms with Gasteiger partial charge in [0, 0.05) is 18.7 Å². The number of aromatic nitrogens is 1. The van der Waals surface area contributed by atoms with Crippen molar-refractivity contribution in [3.8, 4) is 11.5 Å². The van der Waals surface area contributed by atoms with E-state index < -0.39 is 6.04 Å². The monoisotopic (exact) mass is 454 g/mol. The highest BCUT2D eigenvalue weighted by atomic mass is 32.1. The van der Waals surface area contributed by atoms with Crippen LogP contribution in [0.1, 0.15) is 20.3 Å². The molecule has 0 unspecified atom stereocenters. The Hall–Kier alpha value is -3.66. The SMILES string of the molecule is CC[C@H](C(=O)Nc1cc(OC)c2nc(NC(C)=O)sc2c1)N1C(=O)COc2ccccc21. The number of amides is 3. The summed E-state index contributed by atoms with van der Waals surface area (Å²) < 4.78 is 11.7. The predicted molar refractivity (Wildman–Crippen MR) is 123 cm³/mol. The van der Waals surface area contributed by atoms with Crippen LogP contribution in [-0.4, -0.2) is 42.5 Å². The van der Waals surface area contributed by atoms with Crippen molar-refractivity contribution >= 4 is 55.8 Å². The smallest absolute Gasteiger partial charge is 0.265 e. The number of hydrogen-bond donors (Lipinski definition) is 2. The van der Waals surface area contributed by atoms with E-state index in [1.807, 2.05) is 13.0 Å². The Morgan fingerprint density at radius 1 is 1.28 bits per heavy atom. The lowest BCUT2D eigenvalue weighted by Crippen LogP contribution is -2.51. The molecule has 2 N–H and O–H groups in total. The first-order chi connectivity index (χ1) is 15.4. The first-order valence-electron chi connectivity index (χ1n) is 10.0. The fraction of sp³-hybridized carbons (Fsp3) is 0.273. The van der Waals surface area contributed by atoms with Crippen LogP contribution >= 0.6 is 11.3 Å². The van der Waals surface area contributed by atoms with E-state index in [1.54, 1.807) is 30.3 Å². The number of carbonyl (C=O) groups is 3. The Kier molecular flexibility index (Phi) is 5.95. The summed E-state index contributed by atoms with van der Waals surface area (Å²) in [7, 11) is 1.51. The molecule has 4 rings (SSSR count). The fourth-order valence-electron chi connectivity index (χ4n) is 3.60. The molecule has 10 heteroatoms. The van der Waals surface area contributed by atoms with Gasteiger partial charge < -0.3 is 20.1 Å². The van der Waals surface area contributed by atoms with Gasteiger partial charge in [0.2, 0.25) is 11.8 Å². The predicted octanol–water partition coefficient (Wildman–Crippen LogP) is 3.41. The molecule has 2 heterocycles. The van der Waals surface area contributed by atoms with Gasteiger partial charge in [-0.15, -0.1) is 0 Å². The average molecular weight is 455 g/mol. The Bertz CT molecular complexity index is 1210. The maximum absolute atomic E-state index is 13.2. The number of benzene rings is 2. The highest BCUT2D eigenvalue weighted by Gasteiger charge is 2.34. The van der Waals surface area contributed by atoms with Crippen molar-refractivity contribution in [2.75, 3.05) is 29.3 Å². The van der Waals surface area contributed by atoms with Crippen molar-refractivity contribution in [1.29, 1.82) is 0 Å². The van der Waals surface area contributed by atoms with Crippen LogP contribution in [0.4, 0.5) is 16.5 Å². The second-order valence-electron chi connectivity index (χ2n) is 7.16. The number of rotatable bonds is 6. The molecule has 0 aliphatic carbocycles. The summed E-state index contributed by atoms with van der Waals surface area (Å²) in [5, 5.41) is 6.00. The van der Waals surface area contributed by atoms with E-state index >= 15 is 0 Å². The standard InChI is InChI=1S/C22H22N4O5S/c1-4-14(26-15-7-5-6-8-16(15)31-11-19(26)28)21(29)24-13-9-17(30-3)20-18(10-13)32-22(25-20)23-12(2)27/h5-10,14H,4,11H2,1-3H3,(H,24,29)(H,23,25,27)/t14-/m1/s1. The minimum atomic E-state index is -0.717. The van der Waals surface area contributed by atoms with Crippen LogP contribution in [0.2, 0.25) is 0 Å². The molecule has 2 aromatic carbocycles. The number of methoxy groups -OCH3 is 1. The van der Waals surface area contributed by atoms with Gasteiger partial charge in [-0.3, -0.25) is 19.3 Å². The van der Waals surface area contributed by atoms with E-state index in [0.29, 0.717) is 39.9 Å². The summed E-state index contributed by atoms with van der Waals surface area (Å²) >= 11 is 1.27. The number of thiazole rings is 1. The molecule has 0 fully saturated rings. The molecule has 32 heavy (non-hydrogen) atoms. The maximum Gasteiger partial charge on any atom is 0.265 e. The third-order valence-electron chi connectivity index (χ3n) is 4.98. The zero-order valence-corrected chi connectivity index (χ0v) is 18.6. The van der Waals surface area contributed by atoms with Gasteiger partial charge >= 0.3 is 0 Å².